The molecule has 2 N–H and O–H groups in total. The van der Waals surface area contributed by atoms with Gasteiger partial charge in [0.05, 0.1) is 23.3 Å². The van der Waals surface area contributed by atoms with Gasteiger partial charge in [-0.05, 0) is 19.1 Å². The SMILES string of the molecule is Cc1nc2ccccc2n1C(CN)c1cnn(C)c1. The number of nitrogens with two attached hydrogens (primary N) is 1. The van der Waals surface area contributed by atoms with Crippen LogP contribution in [0.1, 0.15) is 17.4 Å². The number of hydrogen-bond acceptors (Lipinski definition) is 3. The van der Waals surface area contributed by atoms with Gasteiger partial charge in [0.2, 0.25) is 0 Å². The second kappa shape index (κ2) is 4.51. The largest absolute Gasteiger partial charge is 0.328 e. The van der Waals surface area contributed by atoms with Crippen LogP contribution in [0.4, 0.5) is 0 Å². The van der Waals surface area contributed by atoms with Crippen LogP contribution in [0.15, 0.2) is 36.7 Å². The molecule has 0 radical (unpaired) electrons. The van der Waals surface area contributed by atoms with Crippen LogP contribution in [-0.4, -0.2) is 25.9 Å². The quantitative estimate of drug-likeness (QED) is 0.773. The average molecular weight is 255 g/mol. The van der Waals surface area contributed by atoms with Crippen LogP contribution in [0.25, 0.3) is 11.0 Å². The first-order chi connectivity index (χ1) is 9.20. The van der Waals surface area contributed by atoms with Gasteiger partial charge in [-0.25, -0.2) is 4.98 Å². The first-order valence-corrected chi connectivity index (χ1v) is 6.33. The summed E-state index contributed by atoms with van der Waals surface area (Å²) in [5, 5.41) is 4.23. The van der Waals surface area contributed by atoms with E-state index in [2.05, 4.69) is 20.7 Å². The second-order valence-corrected chi connectivity index (χ2v) is 4.72. The molecule has 0 aliphatic heterocycles. The Bertz CT molecular complexity index is 710. The monoisotopic (exact) mass is 255 g/mol. The fraction of sp³-hybridized carbons (Fsp3) is 0.286. The lowest BCUT2D eigenvalue weighted by atomic mass is 10.1. The van der Waals surface area contributed by atoms with Crippen LogP contribution in [0, 0.1) is 6.92 Å². The summed E-state index contributed by atoms with van der Waals surface area (Å²) >= 11 is 0. The molecule has 98 valence electrons. The highest BCUT2D eigenvalue weighted by atomic mass is 15.2. The third kappa shape index (κ3) is 1.92. The van der Waals surface area contributed by atoms with Gasteiger partial charge in [0.25, 0.3) is 0 Å². The molecule has 2 aromatic heterocycles. The van der Waals surface area contributed by atoms with Crippen molar-refractivity contribution in [2.75, 3.05) is 6.54 Å². The summed E-state index contributed by atoms with van der Waals surface area (Å²) < 4.78 is 3.98. The summed E-state index contributed by atoms with van der Waals surface area (Å²) in [6.45, 7) is 2.53. The zero-order valence-corrected chi connectivity index (χ0v) is 11.1. The van der Waals surface area contributed by atoms with E-state index < -0.39 is 0 Å². The van der Waals surface area contributed by atoms with Crippen LogP contribution >= 0.6 is 0 Å². The average Bonchev–Trinajstić information content (AvgIpc) is 2.96. The van der Waals surface area contributed by atoms with Crippen molar-refractivity contribution in [1.29, 1.82) is 0 Å². The van der Waals surface area contributed by atoms with E-state index in [1.807, 2.05) is 44.6 Å². The van der Waals surface area contributed by atoms with E-state index in [4.69, 9.17) is 5.73 Å². The third-order valence-corrected chi connectivity index (χ3v) is 3.42. The molecule has 0 aliphatic rings. The summed E-state index contributed by atoms with van der Waals surface area (Å²) in [5.74, 6) is 0.973. The summed E-state index contributed by atoms with van der Waals surface area (Å²) in [7, 11) is 1.91. The smallest absolute Gasteiger partial charge is 0.107 e. The molecule has 0 bridgehead atoms. The summed E-state index contributed by atoms with van der Waals surface area (Å²) in [6.07, 6.45) is 3.87. The summed E-state index contributed by atoms with van der Waals surface area (Å²) in [5.41, 5.74) is 9.20. The Kier molecular flexibility index (Phi) is 2.83. The van der Waals surface area contributed by atoms with E-state index in [-0.39, 0.29) is 6.04 Å². The lowest BCUT2D eigenvalue weighted by molar-refractivity contribution is 0.593. The van der Waals surface area contributed by atoms with Gasteiger partial charge in [-0.15, -0.1) is 0 Å². The van der Waals surface area contributed by atoms with Crippen LogP contribution in [0.3, 0.4) is 0 Å². The van der Waals surface area contributed by atoms with E-state index in [0.717, 1.165) is 22.4 Å². The van der Waals surface area contributed by atoms with Gasteiger partial charge in [0, 0.05) is 25.4 Å². The van der Waals surface area contributed by atoms with Crippen molar-refractivity contribution in [3.8, 4) is 0 Å². The van der Waals surface area contributed by atoms with Crippen LogP contribution in [-0.2, 0) is 7.05 Å². The summed E-state index contributed by atoms with van der Waals surface area (Å²) in [4.78, 5) is 4.59. The van der Waals surface area contributed by atoms with E-state index in [1.54, 1.807) is 4.68 Å². The highest BCUT2D eigenvalue weighted by Gasteiger charge is 2.18. The van der Waals surface area contributed by atoms with Gasteiger partial charge < -0.3 is 10.3 Å². The number of fused-ring (bicyclic) bond motifs is 1. The zero-order chi connectivity index (χ0) is 13.4. The molecule has 3 aromatic rings. The van der Waals surface area contributed by atoms with Gasteiger partial charge in [-0.2, -0.15) is 5.10 Å². The molecule has 0 spiro atoms. The molecule has 19 heavy (non-hydrogen) atoms. The molecule has 0 amide bonds. The normalized spacial score (nSPS) is 13.0. The van der Waals surface area contributed by atoms with Crippen molar-refractivity contribution >= 4 is 11.0 Å². The third-order valence-electron chi connectivity index (χ3n) is 3.42. The molecule has 0 saturated carbocycles. The first kappa shape index (κ1) is 11.9. The minimum atomic E-state index is 0.0705. The molecule has 5 heteroatoms. The molecular formula is C14H17N5. The molecule has 3 rings (SSSR count). The topological polar surface area (TPSA) is 61.7 Å². The van der Waals surface area contributed by atoms with E-state index >= 15 is 0 Å². The molecule has 0 saturated heterocycles. The molecule has 5 nitrogen and oxygen atoms in total. The van der Waals surface area contributed by atoms with Crippen molar-refractivity contribution in [3.63, 3.8) is 0 Å². The number of hydrogen-bond donors (Lipinski definition) is 1. The predicted molar refractivity (Wildman–Crippen MR) is 74.9 cm³/mol. The van der Waals surface area contributed by atoms with Crippen LogP contribution in [0.5, 0.6) is 0 Å². The van der Waals surface area contributed by atoms with Crippen LogP contribution < -0.4 is 5.73 Å². The number of benzene rings is 1. The predicted octanol–water partition coefficient (Wildman–Crippen LogP) is 1.63. The van der Waals surface area contributed by atoms with Crippen molar-refractivity contribution in [3.05, 3.63) is 48.0 Å². The van der Waals surface area contributed by atoms with Gasteiger partial charge in [0.1, 0.15) is 5.82 Å². The van der Waals surface area contributed by atoms with E-state index in [0.29, 0.717) is 6.54 Å². The van der Waals surface area contributed by atoms with Crippen molar-refractivity contribution < 1.29 is 0 Å². The number of aryl methyl sites for hydroxylation is 2. The molecule has 0 fully saturated rings. The second-order valence-electron chi connectivity index (χ2n) is 4.72. The zero-order valence-electron chi connectivity index (χ0n) is 11.1. The van der Waals surface area contributed by atoms with Crippen LogP contribution in [0.2, 0.25) is 0 Å². The maximum Gasteiger partial charge on any atom is 0.107 e. The van der Waals surface area contributed by atoms with Gasteiger partial charge in [-0.1, -0.05) is 12.1 Å². The number of para-hydroxylation sites is 2. The fourth-order valence-corrected chi connectivity index (χ4v) is 2.56. The van der Waals surface area contributed by atoms with Crippen molar-refractivity contribution in [2.45, 2.75) is 13.0 Å². The number of imidazole rings is 1. The lowest BCUT2D eigenvalue weighted by Crippen LogP contribution is -2.21. The first-order valence-electron chi connectivity index (χ1n) is 6.33. The Morgan fingerprint density at radius 2 is 2.11 bits per heavy atom. The molecule has 1 atom stereocenters. The maximum absolute atomic E-state index is 5.98. The Labute approximate surface area is 111 Å². The van der Waals surface area contributed by atoms with Crippen molar-refractivity contribution in [2.24, 2.45) is 12.8 Å². The highest BCUT2D eigenvalue weighted by molar-refractivity contribution is 5.76. The molecule has 1 aromatic carbocycles. The lowest BCUT2D eigenvalue weighted by Gasteiger charge is -2.17. The molecule has 1 unspecified atom stereocenters. The number of rotatable bonds is 3. The van der Waals surface area contributed by atoms with Gasteiger partial charge in [-0.3, -0.25) is 4.68 Å². The minimum absolute atomic E-state index is 0.0705. The maximum atomic E-state index is 5.98. The molecular weight excluding hydrogens is 238 g/mol. The standard InChI is InChI=1S/C14H17N5/c1-10-17-12-5-3-4-6-13(12)19(10)14(7-15)11-8-16-18(2)9-11/h3-6,8-9,14H,7,15H2,1-2H3. The van der Waals surface area contributed by atoms with E-state index in [1.165, 1.54) is 0 Å². The Balaban J connectivity index is 2.18. The Morgan fingerprint density at radius 1 is 1.32 bits per heavy atom. The minimum Gasteiger partial charge on any atom is -0.328 e. The number of nitrogens with zero attached hydrogens (tertiary/aromatic N) is 4. The Morgan fingerprint density at radius 3 is 2.79 bits per heavy atom. The van der Waals surface area contributed by atoms with Gasteiger partial charge in [0.15, 0.2) is 0 Å². The molecule has 2 heterocycles. The summed E-state index contributed by atoms with van der Waals surface area (Å²) in [6, 6.07) is 8.20. The number of aromatic nitrogens is 4. The van der Waals surface area contributed by atoms with Gasteiger partial charge >= 0.3 is 0 Å². The van der Waals surface area contributed by atoms with Crippen molar-refractivity contribution in [1.82, 2.24) is 19.3 Å². The van der Waals surface area contributed by atoms with E-state index in [9.17, 15) is 0 Å². The highest BCUT2D eigenvalue weighted by Crippen LogP contribution is 2.24. The Hall–Kier alpha value is -2.14. The fourth-order valence-electron chi connectivity index (χ4n) is 2.56. The molecule has 0 aliphatic carbocycles.